The third-order valence-corrected chi connectivity index (χ3v) is 3.68. The predicted octanol–water partition coefficient (Wildman–Crippen LogP) is 5.08. The Kier molecular flexibility index (Phi) is 5.11. The predicted molar refractivity (Wildman–Crippen MR) is 80.7 cm³/mol. The number of hydrogen-bond acceptors (Lipinski definition) is 2. The molecule has 0 aliphatic heterocycles. The lowest BCUT2D eigenvalue weighted by Crippen LogP contribution is -2.06. The summed E-state index contributed by atoms with van der Waals surface area (Å²) in [5.41, 5.74) is 5.88. The van der Waals surface area contributed by atoms with Crippen LogP contribution in [0.25, 0.3) is 0 Å². The van der Waals surface area contributed by atoms with Gasteiger partial charge >= 0.3 is 0 Å². The van der Waals surface area contributed by atoms with E-state index in [4.69, 9.17) is 45.3 Å². The highest BCUT2D eigenvalue weighted by atomic mass is 35.5. The van der Waals surface area contributed by atoms with Gasteiger partial charge in [-0.3, -0.25) is 0 Å². The lowest BCUT2D eigenvalue weighted by atomic mass is 10.1. The summed E-state index contributed by atoms with van der Waals surface area (Å²) < 4.78 is 19.4. The smallest absolute Gasteiger partial charge is 0.147 e. The van der Waals surface area contributed by atoms with E-state index in [-0.39, 0.29) is 5.82 Å². The molecule has 0 aromatic heterocycles. The van der Waals surface area contributed by atoms with Crippen molar-refractivity contribution in [2.45, 2.75) is 6.42 Å². The second kappa shape index (κ2) is 6.64. The maximum Gasteiger partial charge on any atom is 0.147 e. The van der Waals surface area contributed by atoms with Gasteiger partial charge < -0.3 is 10.5 Å². The molecule has 0 spiro atoms. The molecule has 2 aromatic carbocycles. The van der Waals surface area contributed by atoms with Crippen LogP contribution in [0.15, 0.2) is 30.3 Å². The van der Waals surface area contributed by atoms with Crippen molar-refractivity contribution in [3.63, 3.8) is 0 Å². The fourth-order valence-corrected chi connectivity index (χ4v) is 2.30. The number of rotatable bonds is 4. The molecular weight excluding hydrogens is 324 g/mol. The highest BCUT2D eigenvalue weighted by Crippen LogP contribution is 2.37. The molecule has 0 atom stereocenters. The van der Waals surface area contributed by atoms with Gasteiger partial charge in [-0.2, -0.15) is 0 Å². The Balaban J connectivity index is 2.40. The molecule has 0 aliphatic rings. The van der Waals surface area contributed by atoms with Gasteiger partial charge in [0.05, 0.1) is 15.1 Å². The van der Waals surface area contributed by atoms with Crippen molar-refractivity contribution in [1.82, 2.24) is 0 Å². The van der Waals surface area contributed by atoms with Gasteiger partial charge in [0.1, 0.15) is 17.3 Å². The van der Waals surface area contributed by atoms with Crippen LogP contribution in [-0.2, 0) is 6.42 Å². The van der Waals surface area contributed by atoms with Crippen LogP contribution in [0.3, 0.4) is 0 Å². The molecule has 0 heterocycles. The Hall–Kier alpha value is -1.000. The molecule has 6 heteroatoms. The first-order valence-corrected chi connectivity index (χ1v) is 6.96. The highest BCUT2D eigenvalue weighted by molar-refractivity contribution is 6.43. The zero-order valence-corrected chi connectivity index (χ0v) is 12.6. The molecule has 0 saturated carbocycles. The first-order valence-electron chi connectivity index (χ1n) is 5.82. The molecule has 0 bridgehead atoms. The van der Waals surface area contributed by atoms with Crippen LogP contribution in [0.4, 0.5) is 4.39 Å². The van der Waals surface area contributed by atoms with Crippen LogP contribution < -0.4 is 10.5 Å². The second-order valence-corrected chi connectivity index (χ2v) is 5.28. The van der Waals surface area contributed by atoms with Crippen molar-refractivity contribution >= 4 is 34.8 Å². The second-order valence-electron chi connectivity index (χ2n) is 4.05. The number of ether oxygens (including phenoxy) is 1. The van der Waals surface area contributed by atoms with E-state index in [0.717, 1.165) is 0 Å². The van der Waals surface area contributed by atoms with E-state index in [9.17, 15) is 4.39 Å². The Morgan fingerprint density at radius 1 is 1.00 bits per heavy atom. The standard InChI is InChI=1S/C14H11Cl3FNO/c15-9-6-11(17)14(7-10(9)16)20-13-3-1-2-12(18)8(13)4-5-19/h1-3,6-7H,4-5,19H2. The van der Waals surface area contributed by atoms with Crippen molar-refractivity contribution in [2.75, 3.05) is 6.54 Å². The Bertz CT molecular complexity index is 634. The van der Waals surface area contributed by atoms with Crippen molar-refractivity contribution in [3.8, 4) is 11.5 Å². The number of halogens is 4. The molecule has 0 fully saturated rings. The molecule has 2 nitrogen and oxygen atoms in total. The van der Waals surface area contributed by atoms with E-state index in [1.165, 1.54) is 18.2 Å². The minimum atomic E-state index is -0.371. The fourth-order valence-electron chi connectivity index (χ4n) is 1.72. The minimum absolute atomic E-state index is 0.294. The minimum Gasteiger partial charge on any atom is -0.455 e. The first kappa shape index (κ1) is 15.4. The molecule has 0 amide bonds. The zero-order valence-electron chi connectivity index (χ0n) is 10.3. The van der Waals surface area contributed by atoms with Crippen molar-refractivity contribution < 1.29 is 9.13 Å². The average molecular weight is 335 g/mol. The quantitative estimate of drug-likeness (QED) is 0.791. The number of nitrogens with two attached hydrogens (primary N) is 1. The average Bonchev–Trinajstić information content (AvgIpc) is 2.40. The lowest BCUT2D eigenvalue weighted by Gasteiger charge is -2.13. The van der Waals surface area contributed by atoms with Gasteiger partial charge in [-0.1, -0.05) is 40.9 Å². The molecule has 2 aromatic rings. The van der Waals surface area contributed by atoms with Crippen molar-refractivity contribution in [1.29, 1.82) is 0 Å². The van der Waals surface area contributed by atoms with Crippen LogP contribution >= 0.6 is 34.8 Å². The van der Waals surface area contributed by atoms with Gasteiger partial charge in [0.15, 0.2) is 0 Å². The number of hydrogen-bond donors (Lipinski definition) is 1. The summed E-state index contributed by atoms with van der Waals surface area (Å²) in [6.45, 7) is 0.312. The summed E-state index contributed by atoms with van der Waals surface area (Å²) in [7, 11) is 0. The Morgan fingerprint density at radius 3 is 2.40 bits per heavy atom. The van der Waals surface area contributed by atoms with Gasteiger partial charge in [0.2, 0.25) is 0 Å². The molecule has 0 aliphatic carbocycles. The zero-order chi connectivity index (χ0) is 14.7. The van der Waals surface area contributed by atoms with E-state index in [0.29, 0.717) is 45.1 Å². The third kappa shape index (κ3) is 3.36. The van der Waals surface area contributed by atoms with E-state index in [2.05, 4.69) is 0 Å². The molecule has 2 N–H and O–H groups in total. The molecule has 0 radical (unpaired) electrons. The van der Waals surface area contributed by atoms with Gasteiger partial charge in [-0.05, 0) is 31.2 Å². The van der Waals surface area contributed by atoms with Crippen LogP contribution in [0, 0.1) is 5.82 Å². The first-order chi connectivity index (χ1) is 9.52. The summed E-state index contributed by atoms with van der Waals surface area (Å²) in [6.07, 6.45) is 0.362. The van der Waals surface area contributed by atoms with Gasteiger partial charge in [-0.15, -0.1) is 0 Å². The van der Waals surface area contributed by atoms with Gasteiger partial charge in [0.25, 0.3) is 0 Å². The molecular formula is C14H11Cl3FNO. The molecule has 0 unspecified atom stereocenters. The van der Waals surface area contributed by atoms with E-state index in [1.807, 2.05) is 0 Å². The summed E-state index contributed by atoms with van der Waals surface area (Å²) in [4.78, 5) is 0. The van der Waals surface area contributed by atoms with Crippen LogP contribution in [0.5, 0.6) is 11.5 Å². The highest BCUT2D eigenvalue weighted by Gasteiger charge is 2.13. The van der Waals surface area contributed by atoms with E-state index < -0.39 is 0 Å². The SMILES string of the molecule is NCCc1c(F)cccc1Oc1cc(Cl)c(Cl)cc1Cl. The van der Waals surface area contributed by atoms with Crippen LogP contribution in [-0.4, -0.2) is 6.54 Å². The Morgan fingerprint density at radius 2 is 1.70 bits per heavy atom. The van der Waals surface area contributed by atoms with Crippen molar-refractivity contribution in [2.24, 2.45) is 5.73 Å². The van der Waals surface area contributed by atoms with Crippen LogP contribution in [0.2, 0.25) is 15.1 Å². The summed E-state index contributed by atoms with van der Waals surface area (Å²) in [5, 5.41) is 0.927. The fraction of sp³-hybridized carbons (Fsp3) is 0.143. The Labute approximate surface area is 131 Å². The van der Waals surface area contributed by atoms with E-state index in [1.54, 1.807) is 12.1 Å². The van der Waals surface area contributed by atoms with Crippen molar-refractivity contribution in [3.05, 3.63) is 56.8 Å². The molecule has 106 valence electrons. The maximum atomic E-state index is 13.8. The van der Waals surface area contributed by atoms with Gasteiger partial charge in [-0.25, -0.2) is 4.39 Å². The third-order valence-electron chi connectivity index (χ3n) is 2.66. The number of benzene rings is 2. The molecule has 0 saturated heterocycles. The largest absolute Gasteiger partial charge is 0.455 e. The monoisotopic (exact) mass is 333 g/mol. The summed E-state index contributed by atoms with van der Waals surface area (Å²) in [6, 6.07) is 7.52. The van der Waals surface area contributed by atoms with Gasteiger partial charge in [0, 0.05) is 11.6 Å². The normalized spacial score (nSPS) is 10.7. The molecule has 2 rings (SSSR count). The van der Waals surface area contributed by atoms with E-state index >= 15 is 0 Å². The van der Waals surface area contributed by atoms with Crippen LogP contribution in [0.1, 0.15) is 5.56 Å². The molecule has 20 heavy (non-hydrogen) atoms. The lowest BCUT2D eigenvalue weighted by molar-refractivity contribution is 0.467. The maximum absolute atomic E-state index is 13.8. The topological polar surface area (TPSA) is 35.2 Å². The summed E-state index contributed by atoms with van der Waals surface area (Å²) >= 11 is 17.8. The summed E-state index contributed by atoms with van der Waals surface area (Å²) in [5.74, 6) is 0.296.